The minimum atomic E-state index is -2.53. The molecule has 3 aromatic rings. The minimum Gasteiger partial charge on any atom is -0.382 e. The summed E-state index contributed by atoms with van der Waals surface area (Å²) in [7, 11) is 0.467. The lowest BCUT2D eigenvalue weighted by Gasteiger charge is -2.34. The number of nitrogens with one attached hydrogen (secondary N) is 1. The molecule has 2 unspecified atom stereocenters. The van der Waals surface area contributed by atoms with Crippen LogP contribution in [0.5, 0.6) is 0 Å². The van der Waals surface area contributed by atoms with Crippen LogP contribution in [0.3, 0.4) is 0 Å². The van der Waals surface area contributed by atoms with Crippen molar-refractivity contribution in [2.45, 2.75) is 77.9 Å². The van der Waals surface area contributed by atoms with Gasteiger partial charge in [-0.25, -0.2) is 22.4 Å². The van der Waals surface area contributed by atoms with Gasteiger partial charge in [-0.2, -0.15) is 4.98 Å². The van der Waals surface area contributed by atoms with E-state index < -0.39 is 18.8 Å². The molecule has 38 heavy (non-hydrogen) atoms. The molecule has 2 aliphatic rings. The van der Waals surface area contributed by atoms with Gasteiger partial charge in [0.05, 0.1) is 11.9 Å². The highest BCUT2D eigenvalue weighted by atomic mass is 31.1. The highest BCUT2D eigenvalue weighted by Gasteiger charge is 2.27. The van der Waals surface area contributed by atoms with Crippen LogP contribution in [0.15, 0.2) is 18.3 Å². The average molecular weight is 547 g/mol. The summed E-state index contributed by atoms with van der Waals surface area (Å²) in [6, 6.07) is 0. The van der Waals surface area contributed by atoms with Crippen LogP contribution in [0, 0.1) is 17.2 Å². The number of rotatable bonds is 7. The van der Waals surface area contributed by atoms with Gasteiger partial charge in [-0.15, -0.1) is 10.2 Å². The second-order valence-corrected chi connectivity index (χ2v) is 12.4. The van der Waals surface area contributed by atoms with Crippen molar-refractivity contribution in [3.63, 3.8) is 0 Å². The topological polar surface area (TPSA) is 98.9 Å². The molecule has 3 N–H and O–H groups in total. The number of nitrogen functional groups attached to an aromatic ring is 1. The van der Waals surface area contributed by atoms with E-state index in [1.54, 1.807) is 12.2 Å². The molecular formula is C26H34F3N8P. The number of anilines is 2. The molecule has 0 radical (unpaired) electrons. The molecule has 0 spiro atoms. The van der Waals surface area contributed by atoms with E-state index in [0.29, 0.717) is 60.2 Å². The van der Waals surface area contributed by atoms with Crippen LogP contribution in [-0.4, -0.2) is 41.7 Å². The van der Waals surface area contributed by atoms with Gasteiger partial charge in [-0.05, 0) is 75.9 Å². The maximum atomic E-state index is 15.4. The predicted molar refractivity (Wildman–Crippen MR) is 146 cm³/mol. The first-order chi connectivity index (χ1) is 18.1. The van der Waals surface area contributed by atoms with Crippen molar-refractivity contribution in [2.75, 3.05) is 10.8 Å². The van der Waals surface area contributed by atoms with Crippen molar-refractivity contribution < 1.29 is 13.2 Å². The van der Waals surface area contributed by atoms with Gasteiger partial charge < -0.3 is 10.8 Å². The molecule has 5 rings (SSSR count). The van der Waals surface area contributed by atoms with Gasteiger partial charge in [-0.3, -0.25) is 0 Å². The first kappa shape index (κ1) is 26.7. The molecule has 2 aliphatic carbocycles. The third-order valence-corrected chi connectivity index (χ3v) is 8.98. The summed E-state index contributed by atoms with van der Waals surface area (Å²) >= 11 is 0. The second-order valence-electron chi connectivity index (χ2n) is 11.0. The molecule has 8 nitrogen and oxygen atoms in total. The Balaban J connectivity index is 1.42. The van der Waals surface area contributed by atoms with E-state index in [4.69, 9.17) is 5.73 Å². The Morgan fingerprint density at radius 1 is 1.24 bits per heavy atom. The van der Waals surface area contributed by atoms with E-state index in [9.17, 15) is 8.78 Å². The van der Waals surface area contributed by atoms with Crippen LogP contribution < -0.4 is 10.8 Å². The second kappa shape index (κ2) is 10.7. The van der Waals surface area contributed by atoms with Crippen molar-refractivity contribution in [1.29, 1.82) is 0 Å². The third-order valence-electron chi connectivity index (χ3n) is 7.62. The van der Waals surface area contributed by atoms with Crippen LogP contribution in [0.4, 0.5) is 24.9 Å². The summed E-state index contributed by atoms with van der Waals surface area (Å²) in [6.07, 6.45) is 10.1. The van der Waals surface area contributed by atoms with Crippen molar-refractivity contribution in [2.24, 2.45) is 11.3 Å². The summed E-state index contributed by atoms with van der Waals surface area (Å²) < 4.78 is 44.1. The van der Waals surface area contributed by atoms with Gasteiger partial charge in [0.2, 0.25) is 5.95 Å². The van der Waals surface area contributed by atoms with E-state index in [0.717, 1.165) is 19.3 Å². The number of halogens is 3. The van der Waals surface area contributed by atoms with Gasteiger partial charge in [0.25, 0.3) is 6.43 Å². The van der Waals surface area contributed by atoms with Gasteiger partial charge in [0, 0.05) is 5.56 Å². The Bertz CT molecular complexity index is 1370. The van der Waals surface area contributed by atoms with Crippen molar-refractivity contribution in [3.8, 4) is 0 Å². The fourth-order valence-electron chi connectivity index (χ4n) is 5.29. The molecule has 2 atom stereocenters. The normalized spacial score (nSPS) is 22.4. The smallest absolute Gasteiger partial charge is 0.257 e. The quantitative estimate of drug-likeness (QED) is 0.355. The molecule has 1 saturated carbocycles. The Hall–Kier alpha value is -2.94. The maximum absolute atomic E-state index is 15.4. The zero-order valence-electron chi connectivity index (χ0n) is 21.9. The van der Waals surface area contributed by atoms with Crippen LogP contribution in [0.1, 0.15) is 69.8 Å². The first-order valence-electron chi connectivity index (χ1n) is 13.1. The van der Waals surface area contributed by atoms with Crippen molar-refractivity contribution in [1.82, 2.24) is 29.6 Å². The maximum Gasteiger partial charge on any atom is 0.257 e. The molecule has 3 aromatic heterocycles. The SMILES string of the molecule is CCC1/C=C(c2c(F)cn3nc(NPC4CCC(C)(C)CC4)nc(N)c23)\C=C/c2nnn(CC(F)F)c2C1. The van der Waals surface area contributed by atoms with Crippen LogP contribution in [-0.2, 0) is 13.0 Å². The lowest BCUT2D eigenvalue weighted by Crippen LogP contribution is -2.22. The van der Waals surface area contributed by atoms with Gasteiger partial charge in [0.15, 0.2) is 11.6 Å². The molecule has 0 aliphatic heterocycles. The molecular weight excluding hydrogens is 512 g/mol. The van der Waals surface area contributed by atoms with Crippen LogP contribution in [0.25, 0.3) is 17.2 Å². The summed E-state index contributed by atoms with van der Waals surface area (Å²) in [6.45, 7) is 6.12. The molecule has 3 heterocycles. The number of hydrogen-bond donors (Lipinski definition) is 2. The van der Waals surface area contributed by atoms with Gasteiger partial charge in [0.1, 0.15) is 17.8 Å². The zero-order chi connectivity index (χ0) is 27.0. The number of alkyl halides is 2. The summed E-state index contributed by atoms with van der Waals surface area (Å²) in [5, 5.41) is 15.8. The number of allylic oxidation sites excluding steroid dienone is 3. The lowest BCUT2D eigenvalue weighted by molar-refractivity contribution is 0.119. The molecule has 0 saturated heterocycles. The number of fused-ring (bicyclic) bond motifs is 2. The fraction of sp³-hybridized carbons (Fsp3) is 0.538. The van der Waals surface area contributed by atoms with Crippen LogP contribution in [0.2, 0.25) is 0 Å². The number of aromatic nitrogens is 6. The number of hydrogen-bond acceptors (Lipinski definition) is 6. The molecule has 0 bridgehead atoms. The van der Waals surface area contributed by atoms with E-state index in [1.165, 1.54) is 28.2 Å². The zero-order valence-corrected chi connectivity index (χ0v) is 22.9. The Morgan fingerprint density at radius 2 is 2.00 bits per heavy atom. The monoisotopic (exact) mass is 546 g/mol. The fourth-order valence-corrected chi connectivity index (χ4v) is 6.31. The molecule has 12 heteroatoms. The first-order valence-corrected chi connectivity index (χ1v) is 14.2. The number of nitrogens with two attached hydrogens (primary N) is 1. The highest BCUT2D eigenvalue weighted by Crippen LogP contribution is 2.42. The summed E-state index contributed by atoms with van der Waals surface area (Å²) in [5.41, 5.74) is 9.80. The summed E-state index contributed by atoms with van der Waals surface area (Å²) in [5.74, 6) is 0.0633. The van der Waals surface area contributed by atoms with Crippen molar-refractivity contribution in [3.05, 3.63) is 41.1 Å². The minimum absolute atomic E-state index is 0.0391. The van der Waals surface area contributed by atoms with E-state index in [-0.39, 0.29) is 11.7 Å². The summed E-state index contributed by atoms with van der Waals surface area (Å²) in [4.78, 5) is 4.46. The van der Waals surface area contributed by atoms with Crippen LogP contribution >= 0.6 is 8.73 Å². The molecule has 204 valence electrons. The molecule has 1 fully saturated rings. The number of nitrogens with zero attached hydrogens (tertiary/aromatic N) is 6. The van der Waals surface area contributed by atoms with Gasteiger partial charge in [-0.1, -0.05) is 38.1 Å². The Morgan fingerprint density at radius 3 is 2.71 bits per heavy atom. The Kier molecular flexibility index (Phi) is 7.49. The average Bonchev–Trinajstić information content (AvgIpc) is 3.37. The molecule has 0 amide bonds. The van der Waals surface area contributed by atoms with E-state index >= 15 is 4.39 Å². The lowest BCUT2D eigenvalue weighted by atomic mass is 9.77. The van der Waals surface area contributed by atoms with E-state index in [1.807, 2.05) is 13.0 Å². The Labute approximate surface area is 221 Å². The van der Waals surface area contributed by atoms with Crippen molar-refractivity contribution >= 4 is 37.7 Å². The predicted octanol–water partition coefficient (Wildman–Crippen LogP) is 5.96. The third kappa shape index (κ3) is 5.58. The standard InChI is InChI=1S/C26H34F3N8P/c1-4-15-11-16(5-6-19-20(12-15)36(35-32-19)14-21(28)29)22-18(27)13-37-23(22)24(30)31-25(33-37)34-38-17-7-9-26(2,3)10-8-17/h5-6,11,13,15,17,21,38H,4,7-10,12,14H2,1-3H3,(H3,30,31,33,34)/b6-5-,16-11+. The van der Waals surface area contributed by atoms with E-state index in [2.05, 4.69) is 39.3 Å². The molecule has 0 aromatic carbocycles. The highest BCUT2D eigenvalue weighted by molar-refractivity contribution is 7.40. The largest absolute Gasteiger partial charge is 0.382 e. The van der Waals surface area contributed by atoms with Gasteiger partial charge >= 0.3 is 0 Å².